The largest absolute Gasteiger partial charge is 0.379 e. The van der Waals surface area contributed by atoms with Crippen LogP contribution in [0.15, 0.2) is 4.99 Å². The molecule has 2 atom stereocenters. The standard InChI is InChI=1S/C16H29FN2OS/c1-3-5-7-13(8-6-4-2)16-11-20-10-9-15(16,17)12-21-14(18)19-16/h13H,3-12H2,1-2H3,(H2,18,19)/t15-,16-/m1/s1. The van der Waals surface area contributed by atoms with E-state index < -0.39 is 11.2 Å². The van der Waals surface area contributed by atoms with Crippen LogP contribution in [-0.4, -0.2) is 35.3 Å². The average Bonchev–Trinajstić information content (AvgIpc) is 2.48. The first kappa shape index (κ1) is 17.1. The topological polar surface area (TPSA) is 47.6 Å². The van der Waals surface area contributed by atoms with Gasteiger partial charge in [-0.2, -0.15) is 0 Å². The number of ether oxygens (including phenoxy) is 1. The predicted molar refractivity (Wildman–Crippen MR) is 88.6 cm³/mol. The molecule has 1 fully saturated rings. The minimum atomic E-state index is -1.26. The van der Waals surface area contributed by atoms with Gasteiger partial charge in [-0.25, -0.2) is 9.38 Å². The predicted octanol–water partition coefficient (Wildman–Crippen LogP) is 3.91. The summed E-state index contributed by atoms with van der Waals surface area (Å²) in [5.41, 5.74) is 3.97. The number of nitrogens with zero attached hydrogens (tertiary/aromatic N) is 1. The maximum absolute atomic E-state index is 15.7. The molecule has 5 heteroatoms. The summed E-state index contributed by atoms with van der Waals surface area (Å²) in [4.78, 5) is 4.67. The second-order valence-corrected chi connectivity index (χ2v) is 7.41. The van der Waals surface area contributed by atoms with Crippen molar-refractivity contribution in [3.63, 3.8) is 0 Å². The lowest BCUT2D eigenvalue weighted by Gasteiger charge is -2.52. The zero-order valence-corrected chi connectivity index (χ0v) is 14.2. The molecule has 0 saturated carbocycles. The Bertz CT molecular complexity index is 371. The second kappa shape index (κ2) is 7.32. The van der Waals surface area contributed by atoms with Crippen LogP contribution in [-0.2, 0) is 4.74 Å². The summed E-state index contributed by atoms with van der Waals surface area (Å²) in [5, 5.41) is 0.534. The Kier molecular flexibility index (Phi) is 5.95. The number of rotatable bonds is 7. The van der Waals surface area contributed by atoms with Crippen molar-refractivity contribution in [2.45, 2.75) is 70.0 Å². The third-order valence-corrected chi connectivity index (χ3v) is 5.98. The molecule has 2 aliphatic heterocycles. The lowest BCUT2D eigenvalue weighted by Crippen LogP contribution is -2.64. The summed E-state index contributed by atoms with van der Waals surface area (Å²) in [5.74, 6) is 0.669. The molecule has 21 heavy (non-hydrogen) atoms. The molecule has 122 valence electrons. The van der Waals surface area contributed by atoms with E-state index in [1.165, 1.54) is 11.8 Å². The third-order valence-electron chi connectivity index (χ3n) is 4.99. The van der Waals surface area contributed by atoms with Crippen molar-refractivity contribution in [2.75, 3.05) is 19.0 Å². The summed E-state index contributed by atoms with van der Waals surface area (Å²) in [6.45, 7) is 5.26. The molecule has 0 aromatic rings. The smallest absolute Gasteiger partial charge is 0.154 e. The van der Waals surface area contributed by atoms with E-state index in [2.05, 4.69) is 18.8 Å². The monoisotopic (exact) mass is 316 g/mol. The van der Waals surface area contributed by atoms with Crippen molar-refractivity contribution >= 4 is 16.9 Å². The van der Waals surface area contributed by atoms with Gasteiger partial charge in [0.15, 0.2) is 5.17 Å². The van der Waals surface area contributed by atoms with Gasteiger partial charge < -0.3 is 10.5 Å². The van der Waals surface area contributed by atoms with Crippen LogP contribution in [0.3, 0.4) is 0 Å². The maximum atomic E-state index is 15.7. The molecule has 0 amide bonds. The van der Waals surface area contributed by atoms with Crippen LogP contribution in [0.4, 0.5) is 4.39 Å². The highest BCUT2D eigenvalue weighted by atomic mass is 32.2. The van der Waals surface area contributed by atoms with Crippen LogP contribution in [0.1, 0.15) is 58.8 Å². The van der Waals surface area contributed by atoms with Crippen LogP contribution >= 0.6 is 11.8 Å². The molecule has 3 nitrogen and oxygen atoms in total. The summed E-state index contributed by atoms with van der Waals surface area (Å²) < 4.78 is 21.4. The van der Waals surface area contributed by atoms with Gasteiger partial charge in [-0.05, 0) is 18.8 Å². The van der Waals surface area contributed by atoms with E-state index in [9.17, 15) is 0 Å². The van der Waals surface area contributed by atoms with E-state index in [1.807, 2.05) is 0 Å². The van der Waals surface area contributed by atoms with Gasteiger partial charge in [0, 0.05) is 18.8 Å². The highest BCUT2D eigenvalue weighted by Crippen LogP contribution is 2.50. The van der Waals surface area contributed by atoms with Crippen molar-refractivity contribution in [2.24, 2.45) is 16.6 Å². The molecule has 1 saturated heterocycles. The first-order chi connectivity index (χ1) is 10.1. The molecule has 2 aliphatic rings. The number of amidine groups is 1. The van der Waals surface area contributed by atoms with Crippen molar-refractivity contribution in [1.29, 1.82) is 0 Å². The van der Waals surface area contributed by atoms with Crippen LogP contribution in [0.5, 0.6) is 0 Å². The number of thioether (sulfide) groups is 1. The zero-order valence-electron chi connectivity index (χ0n) is 13.4. The van der Waals surface area contributed by atoms with Gasteiger partial charge in [-0.3, -0.25) is 0 Å². The molecule has 0 unspecified atom stereocenters. The van der Waals surface area contributed by atoms with Crippen molar-refractivity contribution in [1.82, 2.24) is 0 Å². The molecule has 2 heterocycles. The summed E-state index contributed by atoms with van der Waals surface area (Å²) in [6, 6.07) is 0. The normalized spacial score (nSPS) is 32.9. The first-order valence-corrected chi connectivity index (χ1v) is 9.31. The van der Waals surface area contributed by atoms with Crippen LogP contribution in [0.25, 0.3) is 0 Å². The van der Waals surface area contributed by atoms with Crippen molar-refractivity contribution in [3.8, 4) is 0 Å². The van der Waals surface area contributed by atoms with Crippen LogP contribution in [0, 0.1) is 5.92 Å². The van der Waals surface area contributed by atoms with Gasteiger partial charge >= 0.3 is 0 Å². The second-order valence-electron chi connectivity index (χ2n) is 6.41. The van der Waals surface area contributed by atoms with Crippen LogP contribution in [0.2, 0.25) is 0 Å². The molecule has 0 aromatic carbocycles. The maximum Gasteiger partial charge on any atom is 0.154 e. The fourth-order valence-electron chi connectivity index (χ4n) is 3.65. The minimum Gasteiger partial charge on any atom is -0.379 e. The molecule has 0 spiro atoms. The van der Waals surface area contributed by atoms with E-state index in [-0.39, 0.29) is 5.92 Å². The van der Waals surface area contributed by atoms with E-state index in [1.54, 1.807) is 0 Å². The lowest BCUT2D eigenvalue weighted by molar-refractivity contribution is -0.0940. The quantitative estimate of drug-likeness (QED) is 0.774. The molecule has 2 N–H and O–H groups in total. The summed E-state index contributed by atoms with van der Waals surface area (Å²) in [7, 11) is 0. The third kappa shape index (κ3) is 3.39. The fraction of sp³-hybridized carbons (Fsp3) is 0.938. The van der Waals surface area contributed by atoms with Gasteiger partial charge in [-0.1, -0.05) is 51.3 Å². The van der Waals surface area contributed by atoms with Gasteiger partial charge in [0.1, 0.15) is 11.2 Å². The van der Waals surface area contributed by atoms with Crippen molar-refractivity contribution in [3.05, 3.63) is 0 Å². The fourth-order valence-corrected chi connectivity index (χ4v) is 4.65. The molecule has 0 aliphatic carbocycles. The van der Waals surface area contributed by atoms with E-state index >= 15 is 4.39 Å². The molecule has 0 bridgehead atoms. The summed E-state index contributed by atoms with van der Waals surface area (Å²) in [6.07, 6.45) is 6.99. The number of aliphatic imine (C=N–C) groups is 1. The Morgan fingerprint density at radius 2 is 2.00 bits per heavy atom. The highest BCUT2D eigenvalue weighted by molar-refractivity contribution is 8.13. The Hall–Kier alpha value is -0.290. The molecular weight excluding hydrogens is 287 g/mol. The van der Waals surface area contributed by atoms with E-state index in [0.717, 1.165) is 38.5 Å². The molecule has 0 aromatic heterocycles. The Labute approximate surface area is 132 Å². The highest BCUT2D eigenvalue weighted by Gasteiger charge is 2.60. The molecular formula is C16H29FN2OS. The molecule has 0 radical (unpaired) electrons. The summed E-state index contributed by atoms with van der Waals surface area (Å²) >= 11 is 1.36. The minimum absolute atomic E-state index is 0.238. The van der Waals surface area contributed by atoms with E-state index in [0.29, 0.717) is 30.6 Å². The lowest BCUT2D eigenvalue weighted by atomic mass is 9.67. The molecule has 2 rings (SSSR count). The number of nitrogens with two attached hydrogens (primary N) is 1. The Morgan fingerprint density at radius 1 is 1.33 bits per heavy atom. The zero-order chi connectivity index (χ0) is 15.3. The van der Waals surface area contributed by atoms with Gasteiger partial charge in [0.05, 0.1) is 6.61 Å². The number of halogens is 1. The number of hydrogen-bond acceptors (Lipinski definition) is 4. The SMILES string of the molecule is CCCCC(CCCC)[C@]12COCC[C@@]1(F)CSC(N)=N2. The van der Waals surface area contributed by atoms with Gasteiger partial charge in [0.25, 0.3) is 0 Å². The van der Waals surface area contributed by atoms with Crippen LogP contribution < -0.4 is 5.73 Å². The number of alkyl halides is 1. The first-order valence-electron chi connectivity index (χ1n) is 8.33. The van der Waals surface area contributed by atoms with Crippen molar-refractivity contribution < 1.29 is 9.13 Å². The Balaban J connectivity index is 2.31. The van der Waals surface area contributed by atoms with Gasteiger partial charge in [-0.15, -0.1) is 0 Å². The number of fused-ring (bicyclic) bond motifs is 1. The number of unbranched alkanes of at least 4 members (excludes halogenated alkanes) is 2. The van der Waals surface area contributed by atoms with Gasteiger partial charge in [0.2, 0.25) is 0 Å². The Morgan fingerprint density at radius 3 is 2.62 bits per heavy atom. The number of hydrogen-bond donors (Lipinski definition) is 1. The average molecular weight is 316 g/mol. The van der Waals surface area contributed by atoms with E-state index in [4.69, 9.17) is 10.5 Å².